The molecule has 3 aromatic rings. The summed E-state index contributed by atoms with van der Waals surface area (Å²) in [6.45, 7) is 0. The van der Waals surface area contributed by atoms with E-state index in [2.05, 4.69) is 10.1 Å². The van der Waals surface area contributed by atoms with Crippen LogP contribution in [0.3, 0.4) is 0 Å². The Kier molecular flexibility index (Phi) is 5.29. The Morgan fingerprint density at radius 1 is 1.10 bits per heavy atom. The Labute approximate surface area is 179 Å². The maximum atomic E-state index is 12.5. The molecule has 1 aliphatic heterocycles. The summed E-state index contributed by atoms with van der Waals surface area (Å²) in [6, 6.07) is 14.2. The third kappa shape index (κ3) is 3.68. The number of hydrazone groups is 1. The van der Waals surface area contributed by atoms with Crippen molar-refractivity contribution in [2.75, 3.05) is 20.5 Å². The fourth-order valence-corrected chi connectivity index (χ4v) is 4.73. The van der Waals surface area contributed by atoms with Crippen molar-refractivity contribution in [2.24, 2.45) is 5.10 Å². The Morgan fingerprint density at radius 3 is 2.47 bits per heavy atom. The second-order valence-corrected chi connectivity index (χ2v) is 9.13. The quantitative estimate of drug-likeness (QED) is 0.554. The van der Waals surface area contributed by atoms with E-state index in [0.29, 0.717) is 40.1 Å². The molecule has 0 bridgehead atoms. The van der Waals surface area contributed by atoms with Gasteiger partial charge in [-0.15, -0.1) is 0 Å². The van der Waals surface area contributed by atoms with Gasteiger partial charge in [-0.05, 0) is 11.6 Å². The summed E-state index contributed by atoms with van der Waals surface area (Å²) < 4.78 is 36.9. The highest BCUT2D eigenvalue weighted by atomic mass is 35.5. The SMILES string of the molecule is COc1cc(OC)c2cc(C3CC(c4ccccc4)=NN3S(C)(=O)=O)c(Cl)nc2c1. The third-order valence-corrected chi connectivity index (χ3v) is 6.30. The van der Waals surface area contributed by atoms with E-state index in [0.717, 1.165) is 16.2 Å². The van der Waals surface area contributed by atoms with Crippen LogP contribution in [0.1, 0.15) is 23.6 Å². The number of rotatable bonds is 5. The summed E-state index contributed by atoms with van der Waals surface area (Å²) in [5, 5.41) is 5.32. The van der Waals surface area contributed by atoms with Crippen LogP contribution in [0.15, 0.2) is 53.6 Å². The van der Waals surface area contributed by atoms with Crippen molar-refractivity contribution < 1.29 is 17.9 Å². The number of hydrogen-bond acceptors (Lipinski definition) is 6. The number of methoxy groups -OCH3 is 2. The van der Waals surface area contributed by atoms with E-state index in [1.54, 1.807) is 26.4 Å². The van der Waals surface area contributed by atoms with Gasteiger partial charge in [-0.25, -0.2) is 13.4 Å². The van der Waals surface area contributed by atoms with Gasteiger partial charge in [0.1, 0.15) is 16.7 Å². The van der Waals surface area contributed by atoms with E-state index < -0.39 is 16.1 Å². The molecule has 1 unspecified atom stereocenters. The average Bonchev–Trinajstić information content (AvgIpc) is 3.18. The largest absolute Gasteiger partial charge is 0.497 e. The van der Waals surface area contributed by atoms with Crippen molar-refractivity contribution in [3.05, 3.63) is 64.8 Å². The number of fused-ring (bicyclic) bond motifs is 1. The molecule has 2 aromatic carbocycles. The highest BCUT2D eigenvalue weighted by Crippen LogP contribution is 2.40. The lowest BCUT2D eigenvalue weighted by atomic mass is 9.99. The van der Waals surface area contributed by atoms with Gasteiger partial charge < -0.3 is 9.47 Å². The van der Waals surface area contributed by atoms with E-state index in [1.165, 1.54) is 0 Å². The molecule has 1 aromatic heterocycles. The normalized spacial score (nSPS) is 16.6. The Hall–Kier alpha value is -2.84. The molecule has 0 saturated heterocycles. The molecule has 0 N–H and O–H groups in total. The fraction of sp³-hybridized carbons (Fsp3) is 0.238. The van der Waals surface area contributed by atoms with Gasteiger partial charge in [-0.2, -0.15) is 9.52 Å². The van der Waals surface area contributed by atoms with Gasteiger partial charge in [0.15, 0.2) is 0 Å². The number of hydrogen-bond donors (Lipinski definition) is 0. The lowest BCUT2D eigenvalue weighted by Gasteiger charge is -2.22. The highest BCUT2D eigenvalue weighted by Gasteiger charge is 2.36. The second-order valence-electron chi connectivity index (χ2n) is 6.93. The van der Waals surface area contributed by atoms with Gasteiger partial charge in [0.2, 0.25) is 10.0 Å². The van der Waals surface area contributed by atoms with Crippen LogP contribution in [0.5, 0.6) is 11.5 Å². The summed E-state index contributed by atoms with van der Waals surface area (Å²) in [4.78, 5) is 4.48. The summed E-state index contributed by atoms with van der Waals surface area (Å²) in [6.07, 6.45) is 1.51. The van der Waals surface area contributed by atoms with Gasteiger partial charge in [-0.1, -0.05) is 41.9 Å². The molecule has 0 amide bonds. The Balaban J connectivity index is 1.85. The second kappa shape index (κ2) is 7.77. The molecule has 1 aliphatic rings. The standard InChI is InChI=1S/C21H20ClN3O4S/c1-28-14-9-18-15(20(10-14)29-2)11-16(21(22)23-18)19-12-17(13-7-5-4-6-8-13)24-25(19)30(3,26)27/h4-11,19H,12H2,1-3H3. The number of nitrogens with zero attached hydrogens (tertiary/aromatic N) is 3. The van der Waals surface area contributed by atoms with Crippen LogP contribution in [0.25, 0.3) is 10.9 Å². The molecular formula is C21H20ClN3O4S. The predicted molar refractivity (Wildman–Crippen MR) is 117 cm³/mol. The van der Waals surface area contributed by atoms with E-state index in [1.807, 2.05) is 36.4 Å². The maximum absolute atomic E-state index is 12.5. The molecule has 0 saturated carbocycles. The zero-order valence-electron chi connectivity index (χ0n) is 16.7. The van der Waals surface area contributed by atoms with Crippen LogP contribution < -0.4 is 9.47 Å². The van der Waals surface area contributed by atoms with Gasteiger partial charge in [-0.3, -0.25) is 0 Å². The molecule has 156 valence electrons. The number of aromatic nitrogens is 1. The predicted octanol–water partition coefficient (Wildman–Crippen LogP) is 4.02. The summed E-state index contributed by atoms with van der Waals surface area (Å²) in [7, 11) is -0.519. The van der Waals surface area contributed by atoms with Crippen molar-refractivity contribution >= 4 is 38.2 Å². The number of halogens is 1. The number of pyridine rings is 1. The van der Waals surface area contributed by atoms with Gasteiger partial charge in [0, 0.05) is 29.5 Å². The fourth-order valence-electron chi connectivity index (χ4n) is 3.56. The van der Waals surface area contributed by atoms with Crippen LogP contribution in [0.4, 0.5) is 0 Å². The third-order valence-electron chi connectivity index (χ3n) is 4.98. The first-order valence-electron chi connectivity index (χ1n) is 9.16. The number of sulfonamides is 1. The highest BCUT2D eigenvalue weighted by molar-refractivity contribution is 7.88. The molecule has 0 fully saturated rings. The van der Waals surface area contributed by atoms with E-state index in [9.17, 15) is 8.42 Å². The molecule has 30 heavy (non-hydrogen) atoms. The smallest absolute Gasteiger partial charge is 0.247 e. The van der Waals surface area contributed by atoms with Crippen molar-refractivity contribution in [1.29, 1.82) is 0 Å². The molecule has 0 aliphatic carbocycles. The molecule has 2 heterocycles. The van der Waals surface area contributed by atoms with Crippen LogP contribution in [-0.2, 0) is 10.0 Å². The first kappa shape index (κ1) is 20.4. The average molecular weight is 446 g/mol. The van der Waals surface area contributed by atoms with Crippen LogP contribution in [-0.4, -0.2) is 44.0 Å². The first-order chi connectivity index (χ1) is 14.3. The minimum Gasteiger partial charge on any atom is -0.497 e. The lowest BCUT2D eigenvalue weighted by Crippen LogP contribution is -2.26. The monoisotopic (exact) mass is 445 g/mol. The molecule has 1 atom stereocenters. The Morgan fingerprint density at radius 2 is 1.83 bits per heavy atom. The number of ether oxygens (including phenoxy) is 2. The van der Waals surface area contributed by atoms with E-state index in [-0.39, 0.29) is 5.15 Å². The number of benzene rings is 2. The van der Waals surface area contributed by atoms with Crippen molar-refractivity contribution in [3.63, 3.8) is 0 Å². The Bertz CT molecular complexity index is 1250. The van der Waals surface area contributed by atoms with E-state index >= 15 is 0 Å². The molecule has 4 rings (SSSR count). The van der Waals surface area contributed by atoms with Gasteiger partial charge in [0.05, 0.1) is 37.7 Å². The van der Waals surface area contributed by atoms with Crippen LogP contribution >= 0.6 is 11.6 Å². The van der Waals surface area contributed by atoms with Crippen molar-refractivity contribution in [2.45, 2.75) is 12.5 Å². The molecule has 7 nitrogen and oxygen atoms in total. The maximum Gasteiger partial charge on any atom is 0.247 e. The molecule has 0 radical (unpaired) electrons. The van der Waals surface area contributed by atoms with Gasteiger partial charge in [0.25, 0.3) is 0 Å². The van der Waals surface area contributed by atoms with Crippen molar-refractivity contribution in [1.82, 2.24) is 9.40 Å². The van der Waals surface area contributed by atoms with Crippen LogP contribution in [0, 0.1) is 0 Å². The minimum atomic E-state index is -3.63. The first-order valence-corrected chi connectivity index (χ1v) is 11.4. The van der Waals surface area contributed by atoms with Gasteiger partial charge >= 0.3 is 0 Å². The summed E-state index contributed by atoms with van der Waals surface area (Å²) in [5.74, 6) is 1.15. The molecular weight excluding hydrogens is 426 g/mol. The zero-order chi connectivity index (χ0) is 21.5. The van der Waals surface area contributed by atoms with E-state index in [4.69, 9.17) is 21.1 Å². The summed E-state index contributed by atoms with van der Waals surface area (Å²) >= 11 is 6.52. The molecule has 9 heteroatoms. The lowest BCUT2D eigenvalue weighted by molar-refractivity contribution is 0.374. The van der Waals surface area contributed by atoms with Crippen LogP contribution in [0.2, 0.25) is 5.15 Å². The topological polar surface area (TPSA) is 81.1 Å². The minimum absolute atomic E-state index is 0.209. The van der Waals surface area contributed by atoms with Crippen molar-refractivity contribution in [3.8, 4) is 11.5 Å². The zero-order valence-corrected chi connectivity index (χ0v) is 18.2. The summed E-state index contributed by atoms with van der Waals surface area (Å²) in [5.41, 5.74) is 2.69. The molecule has 0 spiro atoms.